The molecule has 0 saturated carbocycles. The number of thioether (sulfide) groups is 1. The fourth-order valence-corrected chi connectivity index (χ4v) is 4.14. The van der Waals surface area contributed by atoms with Crippen LogP contribution in [0, 0.1) is 0 Å². The van der Waals surface area contributed by atoms with E-state index in [1.165, 1.54) is 0 Å². The summed E-state index contributed by atoms with van der Waals surface area (Å²) in [4.78, 5) is 4.53. The molecule has 1 aliphatic rings. The van der Waals surface area contributed by atoms with E-state index in [0.29, 0.717) is 28.3 Å². The number of nitrogens with one attached hydrogen (secondary N) is 1. The van der Waals surface area contributed by atoms with Crippen LogP contribution >= 0.6 is 35.0 Å². The van der Waals surface area contributed by atoms with Gasteiger partial charge in [-0.25, -0.2) is 0 Å². The van der Waals surface area contributed by atoms with Crippen molar-refractivity contribution in [3.8, 4) is 0 Å². The Balaban J connectivity index is 1.74. The number of halogens is 2. The molecular formula is C14H15Cl2N3OS. The third kappa shape index (κ3) is 3.37. The zero-order valence-electron chi connectivity index (χ0n) is 11.5. The molecule has 7 heteroatoms. The number of aromatic nitrogens is 2. The van der Waals surface area contributed by atoms with Crippen molar-refractivity contribution in [2.75, 3.05) is 18.6 Å². The summed E-state index contributed by atoms with van der Waals surface area (Å²) in [7, 11) is 1.97. The average Bonchev–Trinajstić information content (AvgIpc) is 3.11. The maximum atomic E-state index is 6.02. The fourth-order valence-electron chi connectivity index (χ4n) is 2.40. The molecule has 3 rings (SSSR count). The van der Waals surface area contributed by atoms with E-state index < -0.39 is 0 Å². The smallest absolute Gasteiger partial charge is 0.232 e. The predicted molar refractivity (Wildman–Crippen MR) is 86.5 cm³/mol. The molecule has 1 saturated heterocycles. The summed E-state index contributed by atoms with van der Waals surface area (Å²) in [6.45, 7) is 0. The number of likely N-dealkylation sites (N-methyl/N-ethyl adjacent to an activating group) is 1. The van der Waals surface area contributed by atoms with Gasteiger partial charge in [0.05, 0.1) is 16.0 Å². The van der Waals surface area contributed by atoms with Crippen LogP contribution in [-0.4, -0.2) is 34.7 Å². The van der Waals surface area contributed by atoms with Crippen LogP contribution in [0.3, 0.4) is 0 Å². The van der Waals surface area contributed by atoms with Crippen LogP contribution in [0.2, 0.25) is 10.0 Å². The zero-order chi connectivity index (χ0) is 14.8. The molecule has 1 aliphatic heterocycles. The minimum atomic E-state index is 0.287. The highest BCUT2D eigenvalue weighted by Crippen LogP contribution is 2.32. The van der Waals surface area contributed by atoms with Crippen molar-refractivity contribution in [2.24, 2.45) is 0 Å². The van der Waals surface area contributed by atoms with Crippen molar-refractivity contribution in [1.82, 2.24) is 15.5 Å². The maximum Gasteiger partial charge on any atom is 0.232 e. The first kappa shape index (κ1) is 15.2. The Labute approximate surface area is 137 Å². The SMILES string of the molecule is CNC1CSCC1c1nc(Cc2ccc(Cl)c(Cl)c2)no1. The highest BCUT2D eigenvalue weighted by atomic mass is 35.5. The van der Waals surface area contributed by atoms with Crippen LogP contribution in [0.15, 0.2) is 22.7 Å². The second-order valence-corrected chi connectivity index (χ2v) is 6.90. The monoisotopic (exact) mass is 343 g/mol. The minimum Gasteiger partial charge on any atom is -0.339 e. The summed E-state index contributed by atoms with van der Waals surface area (Å²) in [5.74, 6) is 3.77. The second kappa shape index (κ2) is 6.57. The third-order valence-electron chi connectivity index (χ3n) is 3.60. The molecule has 2 aromatic rings. The lowest BCUT2D eigenvalue weighted by atomic mass is 10.0. The number of rotatable bonds is 4. The molecule has 4 nitrogen and oxygen atoms in total. The van der Waals surface area contributed by atoms with Crippen molar-refractivity contribution < 1.29 is 4.52 Å². The van der Waals surface area contributed by atoms with Gasteiger partial charge in [-0.3, -0.25) is 0 Å². The van der Waals surface area contributed by atoms with E-state index in [4.69, 9.17) is 27.7 Å². The molecule has 2 unspecified atom stereocenters. The normalized spacial score (nSPS) is 21.9. The van der Waals surface area contributed by atoms with E-state index in [9.17, 15) is 0 Å². The van der Waals surface area contributed by atoms with Crippen LogP contribution < -0.4 is 5.32 Å². The molecule has 2 heterocycles. The lowest BCUT2D eigenvalue weighted by molar-refractivity contribution is 0.341. The number of hydrogen-bond donors (Lipinski definition) is 1. The summed E-state index contributed by atoms with van der Waals surface area (Å²) in [5, 5.41) is 8.47. The minimum absolute atomic E-state index is 0.287. The molecule has 1 fully saturated rings. The van der Waals surface area contributed by atoms with Gasteiger partial charge < -0.3 is 9.84 Å². The summed E-state index contributed by atoms with van der Waals surface area (Å²) in [5.41, 5.74) is 1.02. The van der Waals surface area contributed by atoms with Gasteiger partial charge in [-0.15, -0.1) is 0 Å². The van der Waals surface area contributed by atoms with Crippen LogP contribution in [0.5, 0.6) is 0 Å². The summed E-state index contributed by atoms with van der Waals surface area (Å²) >= 11 is 13.8. The van der Waals surface area contributed by atoms with E-state index in [1.807, 2.05) is 30.9 Å². The quantitative estimate of drug-likeness (QED) is 0.921. The average molecular weight is 344 g/mol. The first-order valence-electron chi connectivity index (χ1n) is 6.69. The van der Waals surface area contributed by atoms with Gasteiger partial charge in [0.1, 0.15) is 0 Å². The van der Waals surface area contributed by atoms with E-state index in [0.717, 1.165) is 23.0 Å². The van der Waals surface area contributed by atoms with Gasteiger partial charge in [-0.2, -0.15) is 16.7 Å². The Morgan fingerprint density at radius 3 is 2.95 bits per heavy atom. The molecule has 0 bridgehead atoms. The Hall–Kier alpha value is -0.750. The predicted octanol–water partition coefficient (Wildman–Crippen LogP) is 3.39. The van der Waals surface area contributed by atoms with Gasteiger partial charge in [0.15, 0.2) is 5.82 Å². The highest BCUT2D eigenvalue weighted by molar-refractivity contribution is 7.99. The van der Waals surface area contributed by atoms with Gasteiger partial charge in [0.2, 0.25) is 5.89 Å². The lowest BCUT2D eigenvalue weighted by Gasteiger charge is -2.13. The van der Waals surface area contributed by atoms with Crippen LogP contribution in [0.4, 0.5) is 0 Å². The number of nitrogens with zero attached hydrogens (tertiary/aromatic N) is 2. The van der Waals surface area contributed by atoms with Gasteiger partial charge in [0.25, 0.3) is 0 Å². The fraction of sp³-hybridized carbons (Fsp3) is 0.429. The van der Waals surface area contributed by atoms with Crippen LogP contribution in [0.25, 0.3) is 0 Å². The summed E-state index contributed by atoms with van der Waals surface area (Å²) < 4.78 is 5.43. The van der Waals surface area contributed by atoms with E-state index in [1.54, 1.807) is 6.07 Å². The molecular weight excluding hydrogens is 329 g/mol. The lowest BCUT2D eigenvalue weighted by Crippen LogP contribution is -2.31. The second-order valence-electron chi connectivity index (χ2n) is 5.01. The molecule has 0 spiro atoms. The molecule has 0 aliphatic carbocycles. The molecule has 1 aromatic heterocycles. The van der Waals surface area contributed by atoms with E-state index >= 15 is 0 Å². The van der Waals surface area contributed by atoms with E-state index in [2.05, 4.69) is 15.5 Å². The topological polar surface area (TPSA) is 51.0 Å². The largest absolute Gasteiger partial charge is 0.339 e. The number of benzene rings is 1. The van der Waals surface area contributed by atoms with Crippen LogP contribution in [-0.2, 0) is 6.42 Å². The molecule has 21 heavy (non-hydrogen) atoms. The van der Waals surface area contributed by atoms with Crippen LogP contribution in [0.1, 0.15) is 23.2 Å². The van der Waals surface area contributed by atoms with Crippen molar-refractivity contribution in [2.45, 2.75) is 18.4 Å². The molecule has 0 radical (unpaired) electrons. The molecule has 2 atom stereocenters. The van der Waals surface area contributed by atoms with Crippen molar-refractivity contribution in [3.05, 3.63) is 45.5 Å². The van der Waals surface area contributed by atoms with Gasteiger partial charge in [-0.1, -0.05) is 34.4 Å². The molecule has 0 amide bonds. The number of hydrogen-bond acceptors (Lipinski definition) is 5. The third-order valence-corrected chi connectivity index (χ3v) is 5.53. The Morgan fingerprint density at radius 1 is 1.33 bits per heavy atom. The van der Waals surface area contributed by atoms with Gasteiger partial charge in [-0.05, 0) is 24.7 Å². The Bertz CT molecular complexity index is 634. The molecule has 1 aromatic carbocycles. The molecule has 112 valence electrons. The highest BCUT2D eigenvalue weighted by Gasteiger charge is 2.32. The van der Waals surface area contributed by atoms with Gasteiger partial charge >= 0.3 is 0 Å². The van der Waals surface area contributed by atoms with Crippen molar-refractivity contribution in [3.63, 3.8) is 0 Å². The summed E-state index contributed by atoms with van der Waals surface area (Å²) in [6.07, 6.45) is 0.588. The zero-order valence-corrected chi connectivity index (χ0v) is 13.8. The first-order valence-corrected chi connectivity index (χ1v) is 8.60. The Kier molecular flexibility index (Phi) is 4.74. The van der Waals surface area contributed by atoms with Gasteiger partial charge in [0, 0.05) is 24.0 Å². The van der Waals surface area contributed by atoms with Crippen molar-refractivity contribution in [1.29, 1.82) is 0 Å². The van der Waals surface area contributed by atoms with E-state index in [-0.39, 0.29) is 5.92 Å². The molecule has 1 N–H and O–H groups in total. The Morgan fingerprint density at radius 2 is 2.19 bits per heavy atom. The first-order chi connectivity index (χ1) is 10.2. The summed E-state index contributed by atoms with van der Waals surface area (Å²) in [6, 6.07) is 5.94. The maximum absolute atomic E-state index is 6.02. The van der Waals surface area contributed by atoms with Crippen molar-refractivity contribution >= 4 is 35.0 Å². The standard InChI is InChI=1S/C14H15Cl2N3OS/c1-17-12-7-21-6-9(12)14-18-13(19-20-14)5-8-2-3-10(15)11(16)4-8/h2-4,9,12,17H,5-7H2,1H3.